The minimum absolute atomic E-state index is 0.316. The molecule has 2 nitrogen and oxygen atoms in total. The van der Waals surface area contributed by atoms with E-state index in [1.54, 1.807) is 12.1 Å². The zero-order valence-corrected chi connectivity index (χ0v) is 11.8. The zero-order chi connectivity index (χ0) is 13.1. The van der Waals surface area contributed by atoms with Crippen LogP contribution >= 0.6 is 22.6 Å². The number of nitriles is 1. The van der Waals surface area contributed by atoms with Gasteiger partial charge in [0.2, 0.25) is 0 Å². The predicted octanol–water partition coefficient (Wildman–Crippen LogP) is 4.35. The van der Waals surface area contributed by atoms with Crippen LogP contribution in [0.3, 0.4) is 0 Å². The molecule has 2 aromatic rings. The van der Waals surface area contributed by atoms with Gasteiger partial charge in [0.25, 0.3) is 0 Å². The highest BCUT2D eigenvalue weighted by atomic mass is 127. The van der Waals surface area contributed by atoms with E-state index in [9.17, 15) is 4.39 Å². The number of hydrogen-bond donors (Lipinski definition) is 1. The molecule has 0 spiro atoms. The van der Waals surface area contributed by atoms with E-state index in [-0.39, 0.29) is 0 Å². The molecule has 2 rings (SSSR count). The predicted molar refractivity (Wildman–Crippen MR) is 78.3 cm³/mol. The first-order valence-electron chi connectivity index (χ1n) is 5.33. The average Bonchev–Trinajstić information content (AvgIpc) is 2.36. The lowest BCUT2D eigenvalue weighted by Gasteiger charge is -2.09. The van der Waals surface area contributed by atoms with Crippen molar-refractivity contribution in [1.82, 2.24) is 0 Å². The molecule has 0 amide bonds. The lowest BCUT2D eigenvalue weighted by molar-refractivity contribution is 0.631. The lowest BCUT2D eigenvalue weighted by atomic mass is 10.2. The summed E-state index contributed by atoms with van der Waals surface area (Å²) in [5.74, 6) is -0.426. The molecule has 0 heterocycles. The van der Waals surface area contributed by atoms with E-state index in [2.05, 4.69) is 27.9 Å². The summed E-state index contributed by atoms with van der Waals surface area (Å²) in [5, 5.41) is 11.7. The van der Waals surface area contributed by atoms with Gasteiger partial charge in [0.15, 0.2) is 0 Å². The van der Waals surface area contributed by atoms with Crippen molar-refractivity contribution in [2.45, 2.75) is 6.92 Å². The molecule has 0 saturated heterocycles. The van der Waals surface area contributed by atoms with Gasteiger partial charge >= 0.3 is 0 Å². The van der Waals surface area contributed by atoms with Gasteiger partial charge in [-0.1, -0.05) is 6.07 Å². The summed E-state index contributed by atoms with van der Waals surface area (Å²) in [6, 6.07) is 12.1. The Morgan fingerprint density at radius 2 is 2.00 bits per heavy atom. The van der Waals surface area contributed by atoms with Crippen LogP contribution in [-0.4, -0.2) is 0 Å². The maximum Gasteiger partial charge on any atom is 0.147 e. The van der Waals surface area contributed by atoms with Gasteiger partial charge in [-0.25, -0.2) is 4.39 Å². The zero-order valence-electron chi connectivity index (χ0n) is 9.67. The fourth-order valence-electron chi connectivity index (χ4n) is 1.51. The quantitative estimate of drug-likeness (QED) is 0.816. The number of nitrogens with one attached hydrogen (secondary N) is 1. The summed E-state index contributed by atoms with van der Waals surface area (Å²) in [6.45, 7) is 2.02. The van der Waals surface area contributed by atoms with Crippen LogP contribution in [0.4, 0.5) is 15.8 Å². The highest BCUT2D eigenvalue weighted by molar-refractivity contribution is 14.1. The van der Waals surface area contributed by atoms with E-state index >= 15 is 0 Å². The molecule has 0 bridgehead atoms. The van der Waals surface area contributed by atoms with Crippen molar-refractivity contribution < 1.29 is 4.39 Å². The largest absolute Gasteiger partial charge is 0.353 e. The van der Waals surface area contributed by atoms with Crippen molar-refractivity contribution >= 4 is 34.0 Å². The first kappa shape index (κ1) is 12.8. The third-order valence-electron chi connectivity index (χ3n) is 2.55. The second-order valence-electron chi connectivity index (χ2n) is 3.90. The third kappa shape index (κ3) is 2.79. The fraction of sp³-hybridized carbons (Fsp3) is 0.0714. The monoisotopic (exact) mass is 352 g/mol. The molecular weight excluding hydrogens is 342 g/mol. The first-order chi connectivity index (χ1) is 8.60. The van der Waals surface area contributed by atoms with Crippen molar-refractivity contribution in [2.75, 3.05) is 5.32 Å². The number of nitrogens with zero attached hydrogens (tertiary/aromatic N) is 1. The van der Waals surface area contributed by atoms with E-state index in [4.69, 9.17) is 5.26 Å². The van der Waals surface area contributed by atoms with Crippen LogP contribution in [0, 0.1) is 27.6 Å². The minimum atomic E-state index is -0.426. The molecule has 0 fully saturated rings. The van der Waals surface area contributed by atoms with Crippen molar-refractivity contribution in [3.63, 3.8) is 0 Å². The highest BCUT2D eigenvalue weighted by Crippen LogP contribution is 2.23. The SMILES string of the molecule is Cc1ccc(Nc2ccc(C#N)cc2F)cc1I. The maximum atomic E-state index is 13.7. The van der Waals surface area contributed by atoms with E-state index < -0.39 is 5.82 Å². The van der Waals surface area contributed by atoms with E-state index in [0.717, 1.165) is 9.26 Å². The standard InChI is InChI=1S/C14H10FIN2/c1-9-2-4-11(7-13(9)16)18-14-5-3-10(8-17)6-12(14)15/h2-7,18H,1H3. The molecule has 0 aliphatic carbocycles. The summed E-state index contributed by atoms with van der Waals surface area (Å²) < 4.78 is 14.8. The molecule has 18 heavy (non-hydrogen) atoms. The lowest BCUT2D eigenvalue weighted by Crippen LogP contribution is -1.95. The fourth-order valence-corrected chi connectivity index (χ4v) is 2.03. The molecule has 1 N–H and O–H groups in total. The Bertz CT molecular complexity index is 632. The molecule has 0 aromatic heterocycles. The third-order valence-corrected chi connectivity index (χ3v) is 3.71. The molecule has 0 saturated carbocycles. The Kier molecular flexibility index (Phi) is 3.82. The number of anilines is 2. The van der Waals surface area contributed by atoms with Gasteiger partial charge in [0.05, 0.1) is 17.3 Å². The summed E-state index contributed by atoms with van der Waals surface area (Å²) in [7, 11) is 0. The Labute approximate surface area is 119 Å². The van der Waals surface area contributed by atoms with Crippen LogP contribution in [-0.2, 0) is 0 Å². The second-order valence-corrected chi connectivity index (χ2v) is 5.06. The van der Waals surface area contributed by atoms with Gasteiger partial charge in [-0.2, -0.15) is 5.26 Å². The van der Waals surface area contributed by atoms with Gasteiger partial charge < -0.3 is 5.32 Å². The van der Waals surface area contributed by atoms with Crippen molar-refractivity contribution in [3.05, 3.63) is 56.9 Å². The van der Waals surface area contributed by atoms with E-state index in [0.29, 0.717) is 11.3 Å². The Morgan fingerprint density at radius 1 is 1.22 bits per heavy atom. The van der Waals surface area contributed by atoms with Crippen molar-refractivity contribution in [2.24, 2.45) is 0 Å². The van der Waals surface area contributed by atoms with Crippen LogP contribution in [0.1, 0.15) is 11.1 Å². The van der Waals surface area contributed by atoms with E-state index in [1.165, 1.54) is 11.6 Å². The summed E-state index contributed by atoms with van der Waals surface area (Å²) in [4.78, 5) is 0. The van der Waals surface area contributed by atoms with Crippen molar-refractivity contribution in [3.8, 4) is 6.07 Å². The van der Waals surface area contributed by atoms with Gasteiger partial charge in [-0.05, 0) is 65.4 Å². The van der Waals surface area contributed by atoms with Gasteiger partial charge in [0.1, 0.15) is 5.82 Å². The highest BCUT2D eigenvalue weighted by Gasteiger charge is 2.04. The second kappa shape index (κ2) is 5.36. The maximum absolute atomic E-state index is 13.7. The molecule has 2 aromatic carbocycles. The number of rotatable bonds is 2. The molecule has 0 unspecified atom stereocenters. The topological polar surface area (TPSA) is 35.8 Å². The van der Waals surface area contributed by atoms with Gasteiger partial charge in [-0.3, -0.25) is 0 Å². The van der Waals surface area contributed by atoms with Crippen LogP contribution in [0.2, 0.25) is 0 Å². The number of aryl methyl sites for hydroxylation is 1. The summed E-state index contributed by atoms with van der Waals surface area (Å²) >= 11 is 2.24. The van der Waals surface area contributed by atoms with Gasteiger partial charge in [-0.15, -0.1) is 0 Å². The molecule has 4 heteroatoms. The summed E-state index contributed by atoms with van der Waals surface area (Å²) in [5.41, 5.74) is 2.69. The number of hydrogen-bond acceptors (Lipinski definition) is 2. The smallest absolute Gasteiger partial charge is 0.147 e. The number of halogens is 2. The Hall–Kier alpha value is -1.61. The minimum Gasteiger partial charge on any atom is -0.353 e. The Morgan fingerprint density at radius 3 is 2.61 bits per heavy atom. The van der Waals surface area contributed by atoms with Gasteiger partial charge in [0, 0.05) is 9.26 Å². The molecule has 0 aliphatic heterocycles. The molecule has 0 atom stereocenters. The van der Waals surface area contributed by atoms with Crippen molar-refractivity contribution in [1.29, 1.82) is 5.26 Å². The summed E-state index contributed by atoms with van der Waals surface area (Å²) in [6.07, 6.45) is 0. The van der Waals surface area contributed by atoms with Crippen LogP contribution in [0.5, 0.6) is 0 Å². The Balaban J connectivity index is 2.29. The molecule has 90 valence electrons. The number of benzene rings is 2. The molecule has 0 aliphatic rings. The van der Waals surface area contributed by atoms with Crippen LogP contribution < -0.4 is 5.32 Å². The average molecular weight is 352 g/mol. The molecular formula is C14H10FIN2. The molecule has 0 radical (unpaired) electrons. The van der Waals surface area contributed by atoms with Crippen LogP contribution in [0.25, 0.3) is 0 Å². The first-order valence-corrected chi connectivity index (χ1v) is 6.41. The van der Waals surface area contributed by atoms with Crippen LogP contribution in [0.15, 0.2) is 36.4 Å². The normalized spacial score (nSPS) is 9.89. The van der Waals surface area contributed by atoms with E-state index in [1.807, 2.05) is 31.2 Å².